The standard InChI is InChI=1S/C16H15FO2/c1-10-4-5-12(8-15(10)11(2)18)14-7-6-13(19-3)9-16(14)17/h4-9H,1-3H3. The molecule has 0 aromatic heterocycles. The van der Waals surface area contributed by atoms with Crippen molar-refractivity contribution in [1.29, 1.82) is 0 Å². The van der Waals surface area contributed by atoms with Crippen molar-refractivity contribution < 1.29 is 13.9 Å². The number of ketones is 1. The van der Waals surface area contributed by atoms with Gasteiger partial charge in [0.15, 0.2) is 5.78 Å². The van der Waals surface area contributed by atoms with Crippen molar-refractivity contribution in [2.45, 2.75) is 13.8 Å². The molecule has 0 fully saturated rings. The highest BCUT2D eigenvalue weighted by Crippen LogP contribution is 2.28. The summed E-state index contributed by atoms with van der Waals surface area (Å²) in [5, 5.41) is 0. The molecule has 0 radical (unpaired) electrons. The smallest absolute Gasteiger partial charge is 0.160 e. The summed E-state index contributed by atoms with van der Waals surface area (Å²) >= 11 is 0. The molecule has 0 amide bonds. The Morgan fingerprint density at radius 1 is 1.16 bits per heavy atom. The van der Waals surface area contributed by atoms with Gasteiger partial charge in [0.05, 0.1) is 7.11 Å². The number of ether oxygens (including phenoxy) is 1. The SMILES string of the molecule is COc1ccc(-c2ccc(C)c(C(C)=O)c2)c(F)c1. The first-order valence-corrected chi connectivity index (χ1v) is 5.98. The second kappa shape index (κ2) is 5.22. The monoisotopic (exact) mass is 258 g/mol. The third kappa shape index (κ3) is 2.65. The fraction of sp³-hybridized carbons (Fsp3) is 0.188. The van der Waals surface area contributed by atoms with Crippen LogP contribution in [0.5, 0.6) is 5.75 Å². The lowest BCUT2D eigenvalue weighted by Crippen LogP contribution is -1.97. The van der Waals surface area contributed by atoms with E-state index in [1.54, 1.807) is 18.2 Å². The van der Waals surface area contributed by atoms with Crippen molar-refractivity contribution >= 4 is 5.78 Å². The fourth-order valence-corrected chi connectivity index (χ4v) is 2.03. The Hall–Kier alpha value is -2.16. The van der Waals surface area contributed by atoms with Crippen molar-refractivity contribution in [3.63, 3.8) is 0 Å². The van der Waals surface area contributed by atoms with Crippen LogP contribution in [-0.2, 0) is 0 Å². The summed E-state index contributed by atoms with van der Waals surface area (Å²) in [5.41, 5.74) is 2.66. The molecule has 0 aliphatic heterocycles. The number of carbonyl (C=O) groups is 1. The van der Waals surface area contributed by atoms with E-state index in [0.29, 0.717) is 22.4 Å². The van der Waals surface area contributed by atoms with Gasteiger partial charge in [-0.25, -0.2) is 4.39 Å². The molecule has 19 heavy (non-hydrogen) atoms. The van der Waals surface area contributed by atoms with Crippen molar-refractivity contribution in [2.75, 3.05) is 7.11 Å². The number of Topliss-reactive ketones (excluding diaryl/α,β-unsaturated/α-hetero) is 1. The lowest BCUT2D eigenvalue weighted by molar-refractivity contribution is 0.101. The largest absolute Gasteiger partial charge is 0.497 e. The molecule has 0 heterocycles. The van der Waals surface area contributed by atoms with Gasteiger partial charge in [-0.2, -0.15) is 0 Å². The molecule has 0 saturated carbocycles. The van der Waals surface area contributed by atoms with Crippen LogP contribution in [0.1, 0.15) is 22.8 Å². The van der Waals surface area contributed by atoms with Crippen LogP contribution in [0.4, 0.5) is 4.39 Å². The molecule has 0 saturated heterocycles. The van der Waals surface area contributed by atoms with Gasteiger partial charge in [-0.1, -0.05) is 12.1 Å². The zero-order valence-corrected chi connectivity index (χ0v) is 11.2. The lowest BCUT2D eigenvalue weighted by Gasteiger charge is -2.09. The molecule has 0 N–H and O–H groups in total. The van der Waals surface area contributed by atoms with Crippen LogP contribution in [0, 0.1) is 12.7 Å². The Balaban J connectivity index is 2.53. The molecule has 0 aliphatic rings. The average molecular weight is 258 g/mol. The Labute approximate surface area is 111 Å². The van der Waals surface area contributed by atoms with Crippen LogP contribution in [-0.4, -0.2) is 12.9 Å². The van der Waals surface area contributed by atoms with Gasteiger partial charge in [0.1, 0.15) is 11.6 Å². The second-order valence-corrected chi connectivity index (χ2v) is 4.43. The minimum atomic E-state index is -0.363. The lowest BCUT2D eigenvalue weighted by atomic mass is 9.97. The summed E-state index contributed by atoms with van der Waals surface area (Å²) in [7, 11) is 1.49. The average Bonchev–Trinajstić information content (AvgIpc) is 2.39. The maximum Gasteiger partial charge on any atom is 0.160 e. The predicted octanol–water partition coefficient (Wildman–Crippen LogP) is 4.01. The predicted molar refractivity (Wildman–Crippen MR) is 73.1 cm³/mol. The van der Waals surface area contributed by atoms with Crippen molar-refractivity contribution in [3.05, 3.63) is 53.3 Å². The van der Waals surface area contributed by atoms with Gasteiger partial charge in [-0.15, -0.1) is 0 Å². The van der Waals surface area contributed by atoms with Crippen LogP contribution < -0.4 is 4.74 Å². The van der Waals surface area contributed by atoms with E-state index < -0.39 is 0 Å². The van der Waals surface area contributed by atoms with E-state index in [4.69, 9.17) is 4.74 Å². The van der Waals surface area contributed by atoms with Gasteiger partial charge in [0, 0.05) is 17.2 Å². The van der Waals surface area contributed by atoms with E-state index in [2.05, 4.69) is 0 Å². The first-order valence-electron chi connectivity index (χ1n) is 5.98. The normalized spacial score (nSPS) is 10.3. The van der Waals surface area contributed by atoms with E-state index in [1.165, 1.54) is 20.1 Å². The van der Waals surface area contributed by atoms with E-state index in [0.717, 1.165) is 5.56 Å². The number of methoxy groups -OCH3 is 1. The Morgan fingerprint density at radius 2 is 1.89 bits per heavy atom. The van der Waals surface area contributed by atoms with Crippen LogP contribution >= 0.6 is 0 Å². The summed E-state index contributed by atoms with van der Waals surface area (Å²) in [6.07, 6.45) is 0. The molecule has 3 heteroatoms. The summed E-state index contributed by atoms with van der Waals surface area (Å²) in [4.78, 5) is 11.5. The zero-order valence-electron chi connectivity index (χ0n) is 11.2. The number of benzene rings is 2. The maximum atomic E-state index is 14.0. The summed E-state index contributed by atoms with van der Waals surface area (Å²) < 4.78 is 19.0. The Morgan fingerprint density at radius 3 is 2.47 bits per heavy atom. The molecule has 98 valence electrons. The molecule has 0 atom stereocenters. The topological polar surface area (TPSA) is 26.3 Å². The molecule has 2 rings (SSSR count). The molecular weight excluding hydrogens is 243 g/mol. The molecule has 0 bridgehead atoms. The molecular formula is C16H15FO2. The summed E-state index contributed by atoms with van der Waals surface area (Å²) in [5.74, 6) is 0.0890. The van der Waals surface area contributed by atoms with E-state index >= 15 is 0 Å². The highest BCUT2D eigenvalue weighted by molar-refractivity contribution is 5.96. The minimum absolute atomic E-state index is 0.0201. The minimum Gasteiger partial charge on any atom is -0.497 e. The maximum absolute atomic E-state index is 14.0. The molecule has 0 unspecified atom stereocenters. The van der Waals surface area contributed by atoms with Crippen LogP contribution in [0.3, 0.4) is 0 Å². The molecule has 2 aromatic carbocycles. The Bertz CT molecular complexity index is 633. The number of rotatable bonds is 3. The van der Waals surface area contributed by atoms with Gasteiger partial charge in [0.2, 0.25) is 0 Å². The van der Waals surface area contributed by atoms with Crippen LogP contribution in [0.2, 0.25) is 0 Å². The Kier molecular flexibility index (Phi) is 3.65. The molecule has 2 nitrogen and oxygen atoms in total. The van der Waals surface area contributed by atoms with Crippen molar-refractivity contribution in [3.8, 4) is 16.9 Å². The van der Waals surface area contributed by atoms with E-state index in [1.807, 2.05) is 19.1 Å². The quantitative estimate of drug-likeness (QED) is 0.777. The number of hydrogen-bond donors (Lipinski definition) is 0. The number of carbonyl (C=O) groups excluding carboxylic acids is 1. The van der Waals surface area contributed by atoms with Crippen molar-refractivity contribution in [2.24, 2.45) is 0 Å². The van der Waals surface area contributed by atoms with E-state index in [9.17, 15) is 9.18 Å². The third-order valence-corrected chi connectivity index (χ3v) is 3.10. The van der Waals surface area contributed by atoms with Crippen LogP contribution in [0.25, 0.3) is 11.1 Å². The van der Waals surface area contributed by atoms with Crippen LogP contribution in [0.15, 0.2) is 36.4 Å². The van der Waals surface area contributed by atoms with Gasteiger partial charge in [-0.05, 0) is 43.2 Å². The second-order valence-electron chi connectivity index (χ2n) is 4.43. The van der Waals surface area contributed by atoms with Gasteiger partial charge in [-0.3, -0.25) is 4.79 Å². The highest BCUT2D eigenvalue weighted by Gasteiger charge is 2.10. The molecule has 0 spiro atoms. The number of halogens is 1. The molecule has 2 aromatic rings. The number of aryl methyl sites for hydroxylation is 1. The van der Waals surface area contributed by atoms with Gasteiger partial charge in [0.25, 0.3) is 0 Å². The number of hydrogen-bond acceptors (Lipinski definition) is 2. The first kappa shape index (κ1) is 13.3. The summed E-state index contributed by atoms with van der Waals surface area (Å²) in [6, 6.07) is 10.1. The fourth-order valence-electron chi connectivity index (χ4n) is 2.03. The highest BCUT2D eigenvalue weighted by atomic mass is 19.1. The third-order valence-electron chi connectivity index (χ3n) is 3.10. The summed E-state index contributed by atoms with van der Waals surface area (Å²) in [6.45, 7) is 3.38. The van der Waals surface area contributed by atoms with Gasteiger partial charge >= 0.3 is 0 Å². The molecule has 0 aliphatic carbocycles. The zero-order chi connectivity index (χ0) is 14.0. The van der Waals surface area contributed by atoms with E-state index in [-0.39, 0.29) is 11.6 Å². The van der Waals surface area contributed by atoms with Gasteiger partial charge < -0.3 is 4.74 Å². The first-order chi connectivity index (χ1) is 9.02. The van der Waals surface area contributed by atoms with Crippen molar-refractivity contribution in [1.82, 2.24) is 0 Å².